The van der Waals surface area contributed by atoms with E-state index < -0.39 is 0 Å². The van der Waals surface area contributed by atoms with Gasteiger partial charge in [-0.3, -0.25) is 9.78 Å². The van der Waals surface area contributed by atoms with Gasteiger partial charge in [-0.1, -0.05) is 0 Å². The molecule has 82 valence electrons. The van der Waals surface area contributed by atoms with E-state index in [1.807, 2.05) is 13.0 Å². The summed E-state index contributed by atoms with van der Waals surface area (Å²) in [5.41, 5.74) is 4.25. The Morgan fingerprint density at radius 2 is 2.44 bits per heavy atom. The zero-order valence-corrected chi connectivity index (χ0v) is 9.62. The normalized spacial score (nSPS) is 10.1. The maximum atomic E-state index is 11.6. The molecule has 5 heteroatoms. The van der Waals surface area contributed by atoms with Gasteiger partial charge in [0, 0.05) is 24.3 Å². The molecule has 2 rings (SSSR count). The summed E-state index contributed by atoms with van der Waals surface area (Å²) in [6.07, 6.45) is 3.50. The molecule has 16 heavy (non-hydrogen) atoms. The van der Waals surface area contributed by atoms with E-state index in [4.69, 9.17) is 0 Å². The van der Waals surface area contributed by atoms with Crippen LogP contribution in [0, 0.1) is 6.92 Å². The summed E-state index contributed by atoms with van der Waals surface area (Å²) in [4.78, 5) is 19.6. The lowest BCUT2D eigenvalue weighted by atomic mass is 10.1. The molecular formula is C11H11N3OS. The highest BCUT2D eigenvalue weighted by atomic mass is 32.1. The molecule has 2 aromatic rings. The topological polar surface area (TPSA) is 54.9 Å². The number of hydrogen-bond donors (Lipinski definition) is 1. The minimum atomic E-state index is -0.141. The van der Waals surface area contributed by atoms with Crippen LogP contribution in [0.4, 0.5) is 0 Å². The Balaban J connectivity index is 1.98. The molecule has 0 saturated heterocycles. The number of rotatable bonds is 3. The van der Waals surface area contributed by atoms with Gasteiger partial charge in [-0.2, -0.15) is 0 Å². The van der Waals surface area contributed by atoms with Crippen molar-refractivity contribution in [1.82, 2.24) is 15.3 Å². The molecule has 1 amide bonds. The lowest BCUT2D eigenvalue weighted by Gasteiger charge is -2.05. The standard InChI is InChI=1S/C11H11N3OS/c1-8-4-12-3-2-9(8)5-13-11(15)10-6-16-7-14-10/h2-4,6-7H,5H2,1H3,(H,13,15). The predicted octanol–water partition coefficient (Wildman–Crippen LogP) is 1.78. The summed E-state index contributed by atoms with van der Waals surface area (Å²) in [5, 5.41) is 4.55. The van der Waals surface area contributed by atoms with E-state index >= 15 is 0 Å². The van der Waals surface area contributed by atoms with Crippen LogP contribution in [0.3, 0.4) is 0 Å². The molecule has 0 aliphatic carbocycles. The Bertz CT molecular complexity index is 482. The minimum Gasteiger partial charge on any atom is -0.347 e. The van der Waals surface area contributed by atoms with Crippen molar-refractivity contribution in [3.05, 3.63) is 46.2 Å². The lowest BCUT2D eigenvalue weighted by molar-refractivity contribution is 0.0946. The van der Waals surface area contributed by atoms with Crippen molar-refractivity contribution >= 4 is 17.2 Å². The van der Waals surface area contributed by atoms with Crippen LogP contribution in [-0.4, -0.2) is 15.9 Å². The van der Waals surface area contributed by atoms with Crippen molar-refractivity contribution in [2.24, 2.45) is 0 Å². The molecule has 1 N–H and O–H groups in total. The molecular weight excluding hydrogens is 222 g/mol. The van der Waals surface area contributed by atoms with Gasteiger partial charge in [-0.25, -0.2) is 4.98 Å². The zero-order chi connectivity index (χ0) is 11.4. The van der Waals surface area contributed by atoms with Gasteiger partial charge < -0.3 is 5.32 Å². The highest BCUT2D eigenvalue weighted by molar-refractivity contribution is 7.07. The van der Waals surface area contributed by atoms with Crippen molar-refractivity contribution in [3.63, 3.8) is 0 Å². The number of thiazole rings is 1. The quantitative estimate of drug-likeness (QED) is 0.879. The van der Waals surface area contributed by atoms with Crippen LogP contribution in [0.1, 0.15) is 21.6 Å². The number of nitrogens with zero attached hydrogens (tertiary/aromatic N) is 2. The fourth-order valence-corrected chi connectivity index (χ4v) is 1.82. The number of aromatic nitrogens is 2. The Hall–Kier alpha value is -1.75. The third-order valence-corrected chi connectivity index (χ3v) is 2.83. The van der Waals surface area contributed by atoms with E-state index in [9.17, 15) is 4.79 Å². The second-order valence-electron chi connectivity index (χ2n) is 3.36. The first kappa shape index (κ1) is 10.8. The zero-order valence-electron chi connectivity index (χ0n) is 8.80. The van der Waals surface area contributed by atoms with Crippen molar-refractivity contribution in [2.75, 3.05) is 0 Å². The molecule has 0 unspecified atom stereocenters. The van der Waals surface area contributed by atoms with E-state index in [1.54, 1.807) is 23.3 Å². The van der Waals surface area contributed by atoms with E-state index in [0.717, 1.165) is 11.1 Å². The fraction of sp³-hybridized carbons (Fsp3) is 0.182. The smallest absolute Gasteiger partial charge is 0.271 e. The van der Waals surface area contributed by atoms with E-state index in [-0.39, 0.29) is 5.91 Å². The predicted molar refractivity (Wildman–Crippen MR) is 62.3 cm³/mol. The van der Waals surface area contributed by atoms with Crippen molar-refractivity contribution in [3.8, 4) is 0 Å². The van der Waals surface area contributed by atoms with Crippen LogP contribution in [0.15, 0.2) is 29.4 Å². The van der Waals surface area contributed by atoms with Gasteiger partial charge in [-0.05, 0) is 24.1 Å². The molecule has 2 heterocycles. The first-order valence-electron chi connectivity index (χ1n) is 4.83. The Morgan fingerprint density at radius 3 is 3.12 bits per heavy atom. The highest BCUT2D eigenvalue weighted by Gasteiger charge is 2.07. The number of pyridine rings is 1. The van der Waals surface area contributed by atoms with Crippen LogP contribution >= 0.6 is 11.3 Å². The minimum absolute atomic E-state index is 0.141. The molecule has 0 atom stereocenters. The second-order valence-corrected chi connectivity index (χ2v) is 4.08. The maximum absolute atomic E-state index is 11.6. The number of hydrogen-bond acceptors (Lipinski definition) is 4. The van der Waals surface area contributed by atoms with E-state index in [2.05, 4.69) is 15.3 Å². The third-order valence-electron chi connectivity index (χ3n) is 2.24. The van der Waals surface area contributed by atoms with Crippen molar-refractivity contribution in [1.29, 1.82) is 0 Å². The molecule has 0 aliphatic heterocycles. The first-order chi connectivity index (χ1) is 7.77. The van der Waals surface area contributed by atoms with E-state index in [0.29, 0.717) is 12.2 Å². The van der Waals surface area contributed by atoms with Crippen LogP contribution in [0.2, 0.25) is 0 Å². The van der Waals surface area contributed by atoms with Crippen molar-refractivity contribution < 1.29 is 4.79 Å². The largest absolute Gasteiger partial charge is 0.347 e. The molecule has 0 spiro atoms. The number of carbonyl (C=O) groups is 1. The molecule has 2 aromatic heterocycles. The molecule has 4 nitrogen and oxygen atoms in total. The van der Waals surface area contributed by atoms with Crippen molar-refractivity contribution in [2.45, 2.75) is 13.5 Å². The molecule has 0 fully saturated rings. The Labute approximate surface area is 97.4 Å². The monoisotopic (exact) mass is 233 g/mol. The summed E-state index contributed by atoms with van der Waals surface area (Å²) in [5.74, 6) is -0.141. The van der Waals surface area contributed by atoms with Gasteiger partial charge in [0.15, 0.2) is 0 Å². The maximum Gasteiger partial charge on any atom is 0.271 e. The molecule has 0 aromatic carbocycles. The highest BCUT2D eigenvalue weighted by Crippen LogP contribution is 2.05. The number of aryl methyl sites for hydroxylation is 1. The van der Waals surface area contributed by atoms with Gasteiger partial charge in [0.1, 0.15) is 5.69 Å². The summed E-state index contributed by atoms with van der Waals surface area (Å²) in [7, 11) is 0. The second kappa shape index (κ2) is 4.85. The summed E-state index contributed by atoms with van der Waals surface area (Å²) >= 11 is 1.41. The average molecular weight is 233 g/mol. The van der Waals surface area contributed by atoms with Gasteiger partial charge >= 0.3 is 0 Å². The van der Waals surface area contributed by atoms with Gasteiger partial charge in [0.05, 0.1) is 5.51 Å². The third kappa shape index (κ3) is 2.43. The molecule has 0 saturated carbocycles. The summed E-state index contributed by atoms with van der Waals surface area (Å²) < 4.78 is 0. The van der Waals surface area contributed by atoms with Gasteiger partial charge in [0.2, 0.25) is 0 Å². The number of nitrogens with one attached hydrogen (secondary N) is 1. The Kier molecular flexibility index (Phi) is 3.26. The van der Waals surface area contributed by atoms with Crippen LogP contribution in [0.25, 0.3) is 0 Å². The van der Waals surface area contributed by atoms with Crippen LogP contribution in [0.5, 0.6) is 0 Å². The fourth-order valence-electron chi connectivity index (χ4n) is 1.29. The summed E-state index contributed by atoms with van der Waals surface area (Å²) in [6.45, 7) is 2.47. The number of carbonyl (C=O) groups excluding carboxylic acids is 1. The van der Waals surface area contributed by atoms with Crippen LogP contribution in [-0.2, 0) is 6.54 Å². The molecule has 0 bridgehead atoms. The van der Waals surface area contributed by atoms with Gasteiger partial charge in [0.25, 0.3) is 5.91 Å². The SMILES string of the molecule is Cc1cnccc1CNC(=O)c1cscn1. The number of amides is 1. The van der Waals surface area contributed by atoms with Gasteiger partial charge in [-0.15, -0.1) is 11.3 Å². The molecule has 0 aliphatic rings. The molecule has 0 radical (unpaired) electrons. The van der Waals surface area contributed by atoms with E-state index in [1.165, 1.54) is 11.3 Å². The average Bonchev–Trinajstić information content (AvgIpc) is 2.81. The van der Waals surface area contributed by atoms with Crippen LogP contribution < -0.4 is 5.32 Å². The lowest BCUT2D eigenvalue weighted by Crippen LogP contribution is -2.23. The first-order valence-corrected chi connectivity index (χ1v) is 5.77. The Morgan fingerprint density at radius 1 is 1.56 bits per heavy atom. The summed E-state index contributed by atoms with van der Waals surface area (Å²) in [6, 6.07) is 1.90.